The van der Waals surface area contributed by atoms with E-state index in [-0.39, 0.29) is 42.2 Å². The van der Waals surface area contributed by atoms with Gasteiger partial charge in [0.25, 0.3) is 10.2 Å². The number of nitrogens with one attached hydrogen (secondary N) is 1. The van der Waals surface area contributed by atoms with Gasteiger partial charge in [-0.1, -0.05) is 0 Å². The Labute approximate surface area is 171 Å². The van der Waals surface area contributed by atoms with Crippen molar-refractivity contribution < 1.29 is 17.6 Å². The van der Waals surface area contributed by atoms with E-state index in [1.807, 2.05) is 9.80 Å². The van der Waals surface area contributed by atoms with Gasteiger partial charge in [-0.25, -0.2) is 9.11 Å². The molecule has 4 atom stereocenters. The largest absolute Gasteiger partial charge is 0.368 e. The standard InChI is InChI=1S/C19H28FN5O3S/c1-23(2)29(27,28)22-10-18-14-8-13(16-4-3-5-19(26)25(16)18)11-24(12-14)17-6-7-21-9-15(17)20/h6-7,9,13-14,16,18,22H,3-5,8,10-12H2,1-2H3/t13-,14+,16+,18+/m1/s1. The third kappa shape index (κ3) is 3.85. The number of nitrogens with zero attached hydrogens (tertiary/aromatic N) is 4. The van der Waals surface area contributed by atoms with Crippen LogP contribution in [0.2, 0.25) is 0 Å². The fourth-order valence-corrected chi connectivity index (χ4v) is 5.82. The number of hydrogen-bond donors (Lipinski definition) is 1. The summed E-state index contributed by atoms with van der Waals surface area (Å²) in [7, 11) is -0.639. The molecule has 0 aromatic carbocycles. The predicted octanol–water partition coefficient (Wildman–Crippen LogP) is 0.823. The van der Waals surface area contributed by atoms with Gasteiger partial charge in [-0.15, -0.1) is 0 Å². The summed E-state index contributed by atoms with van der Waals surface area (Å²) in [4.78, 5) is 20.6. The van der Waals surface area contributed by atoms with E-state index in [0.29, 0.717) is 25.2 Å². The number of piperidine rings is 3. The summed E-state index contributed by atoms with van der Waals surface area (Å²) in [6, 6.07) is 1.53. The van der Waals surface area contributed by atoms with Crippen LogP contribution in [-0.4, -0.2) is 74.3 Å². The molecule has 3 aliphatic heterocycles. The fraction of sp³-hybridized carbons (Fsp3) is 0.684. The molecular formula is C19H28FN5O3S. The first-order valence-corrected chi connectivity index (χ1v) is 11.5. The van der Waals surface area contributed by atoms with Gasteiger partial charge < -0.3 is 9.80 Å². The molecule has 8 nitrogen and oxygen atoms in total. The molecule has 0 aliphatic carbocycles. The molecule has 1 N–H and O–H groups in total. The first-order valence-electron chi connectivity index (χ1n) is 10.1. The van der Waals surface area contributed by atoms with Gasteiger partial charge in [0, 0.05) is 52.4 Å². The summed E-state index contributed by atoms with van der Waals surface area (Å²) >= 11 is 0. The van der Waals surface area contributed by atoms with Crippen LogP contribution in [0.5, 0.6) is 0 Å². The van der Waals surface area contributed by atoms with Crippen LogP contribution in [-0.2, 0) is 15.0 Å². The average molecular weight is 426 g/mol. The monoisotopic (exact) mass is 425 g/mol. The molecule has 3 fully saturated rings. The van der Waals surface area contributed by atoms with Gasteiger partial charge in [0.05, 0.1) is 17.9 Å². The summed E-state index contributed by atoms with van der Waals surface area (Å²) in [5.74, 6) is 0.0826. The maximum atomic E-state index is 14.4. The van der Waals surface area contributed by atoms with Gasteiger partial charge >= 0.3 is 0 Å². The highest BCUT2D eigenvalue weighted by Crippen LogP contribution is 2.42. The molecule has 1 aromatic rings. The zero-order valence-electron chi connectivity index (χ0n) is 16.8. The Kier molecular flexibility index (Phi) is 5.52. The molecular weight excluding hydrogens is 397 g/mol. The van der Waals surface area contributed by atoms with E-state index < -0.39 is 10.2 Å². The van der Waals surface area contributed by atoms with Crippen molar-refractivity contribution in [1.82, 2.24) is 18.9 Å². The van der Waals surface area contributed by atoms with Crippen molar-refractivity contribution in [3.05, 3.63) is 24.3 Å². The number of fused-ring (bicyclic) bond motifs is 4. The highest BCUT2D eigenvalue weighted by molar-refractivity contribution is 7.87. The minimum Gasteiger partial charge on any atom is -0.368 e. The van der Waals surface area contributed by atoms with Crippen molar-refractivity contribution in [1.29, 1.82) is 0 Å². The van der Waals surface area contributed by atoms with E-state index in [4.69, 9.17) is 0 Å². The second-order valence-electron chi connectivity index (χ2n) is 8.45. The lowest BCUT2D eigenvalue weighted by Gasteiger charge is -2.57. The Bertz CT molecular complexity index is 880. The lowest BCUT2D eigenvalue weighted by Crippen LogP contribution is -2.67. The lowest BCUT2D eigenvalue weighted by atomic mass is 9.72. The maximum Gasteiger partial charge on any atom is 0.279 e. The molecule has 4 heterocycles. The zero-order valence-corrected chi connectivity index (χ0v) is 17.6. The third-order valence-electron chi connectivity index (χ3n) is 6.54. The molecule has 0 unspecified atom stereocenters. The van der Waals surface area contributed by atoms with Crippen molar-refractivity contribution >= 4 is 21.8 Å². The smallest absolute Gasteiger partial charge is 0.279 e. The minimum absolute atomic E-state index is 0.0736. The Hall–Kier alpha value is -1.78. The molecule has 1 aromatic heterocycles. The Morgan fingerprint density at radius 2 is 2.07 bits per heavy atom. The first kappa shape index (κ1) is 20.5. The molecule has 0 saturated carbocycles. The molecule has 3 aliphatic rings. The molecule has 4 rings (SSSR count). The van der Waals surface area contributed by atoms with Crippen molar-refractivity contribution in [2.75, 3.05) is 38.6 Å². The van der Waals surface area contributed by atoms with Crippen LogP contribution in [0.15, 0.2) is 18.5 Å². The van der Waals surface area contributed by atoms with E-state index in [1.54, 1.807) is 12.3 Å². The van der Waals surface area contributed by atoms with Gasteiger partial charge in [0.1, 0.15) is 0 Å². The van der Waals surface area contributed by atoms with Gasteiger partial charge in [0.15, 0.2) is 5.82 Å². The van der Waals surface area contributed by atoms with Crippen LogP contribution >= 0.6 is 0 Å². The highest BCUT2D eigenvalue weighted by Gasteiger charge is 2.49. The number of carbonyl (C=O) groups excluding carboxylic acids is 1. The van der Waals surface area contributed by atoms with Crippen LogP contribution in [0.1, 0.15) is 25.7 Å². The number of amides is 1. The minimum atomic E-state index is -3.59. The van der Waals surface area contributed by atoms with E-state index in [2.05, 4.69) is 9.71 Å². The van der Waals surface area contributed by atoms with Gasteiger partial charge in [0.2, 0.25) is 5.91 Å². The summed E-state index contributed by atoms with van der Waals surface area (Å²) < 4.78 is 42.7. The molecule has 160 valence electrons. The Morgan fingerprint density at radius 3 is 2.79 bits per heavy atom. The quantitative estimate of drug-likeness (QED) is 0.755. The van der Waals surface area contributed by atoms with E-state index >= 15 is 0 Å². The van der Waals surface area contributed by atoms with Crippen molar-refractivity contribution in [2.24, 2.45) is 11.8 Å². The molecule has 29 heavy (non-hydrogen) atoms. The predicted molar refractivity (Wildman–Crippen MR) is 107 cm³/mol. The Balaban J connectivity index is 1.62. The topological polar surface area (TPSA) is 85.9 Å². The number of halogens is 1. The first-order chi connectivity index (χ1) is 13.8. The van der Waals surface area contributed by atoms with Crippen molar-refractivity contribution in [3.63, 3.8) is 0 Å². The van der Waals surface area contributed by atoms with Crippen LogP contribution < -0.4 is 9.62 Å². The molecule has 10 heteroatoms. The number of hydrogen-bond acceptors (Lipinski definition) is 5. The summed E-state index contributed by atoms with van der Waals surface area (Å²) in [5, 5.41) is 0. The fourth-order valence-electron chi connectivity index (χ4n) is 5.18. The van der Waals surface area contributed by atoms with E-state index in [9.17, 15) is 17.6 Å². The number of pyridine rings is 1. The van der Waals surface area contributed by atoms with Crippen LogP contribution in [0.3, 0.4) is 0 Å². The molecule has 2 bridgehead atoms. The van der Waals surface area contributed by atoms with Crippen molar-refractivity contribution in [3.8, 4) is 0 Å². The average Bonchev–Trinajstić information content (AvgIpc) is 2.68. The van der Waals surface area contributed by atoms with Crippen LogP contribution in [0, 0.1) is 17.7 Å². The van der Waals surface area contributed by atoms with Crippen LogP contribution in [0.25, 0.3) is 0 Å². The zero-order chi connectivity index (χ0) is 20.8. The molecule has 3 saturated heterocycles. The number of carbonyl (C=O) groups is 1. The summed E-state index contributed by atoms with van der Waals surface area (Å²) in [6.07, 6.45) is 6.00. The second-order valence-corrected chi connectivity index (χ2v) is 10.4. The van der Waals surface area contributed by atoms with Gasteiger partial charge in [-0.3, -0.25) is 9.78 Å². The third-order valence-corrected chi connectivity index (χ3v) is 8.04. The number of rotatable bonds is 5. The molecule has 1 amide bonds. The second kappa shape index (κ2) is 7.81. The number of anilines is 1. The maximum absolute atomic E-state index is 14.4. The summed E-state index contributed by atoms with van der Waals surface area (Å²) in [6.45, 7) is 1.46. The molecule has 0 radical (unpaired) electrons. The van der Waals surface area contributed by atoms with Gasteiger partial charge in [-0.05, 0) is 37.2 Å². The van der Waals surface area contributed by atoms with E-state index in [1.165, 1.54) is 20.3 Å². The highest BCUT2D eigenvalue weighted by atomic mass is 32.2. The SMILES string of the molecule is CN(C)S(=O)(=O)NC[C@H]1[C@H]2C[C@H](CN(c3ccncc3F)C2)[C@@H]2CCCC(=O)N21. The van der Waals surface area contributed by atoms with Gasteiger partial charge in [-0.2, -0.15) is 12.7 Å². The molecule has 0 spiro atoms. The summed E-state index contributed by atoms with van der Waals surface area (Å²) in [5.41, 5.74) is 0.526. The Morgan fingerprint density at radius 1 is 1.31 bits per heavy atom. The normalized spacial score (nSPS) is 29.9. The number of aromatic nitrogens is 1. The van der Waals surface area contributed by atoms with Crippen LogP contribution in [0.4, 0.5) is 10.1 Å². The lowest BCUT2D eigenvalue weighted by molar-refractivity contribution is -0.148. The van der Waals surface area contributed by atoms with E-state index in [0.717, 1.165) is 23.6 Å². The van der Waals surface area contributed by atoms with Crippen molar-refractivity contribution in [2.45, 2.75) is 37.8 Å².